The molecule has 0 saturated heterocycles. The number of aromatic nitrogens is 1. The Morgan fingerprint density at radius 1 is 1.24 bits per heavy atom. The lowest BCUT2D eigenvalue weighted by Gasteiger charge is -2.35. The topological polar surface area (TPSA) is 62.4 Å². The molecule has 118 valence electrons. The van der Waals surface area contributed by atoms with Crippen molar-refractivity contribution in [2.45, 2.75) is 47.6 Å². The first-order valence-corrected chi connectivity index (χ1v) is 7.07. The molecule has 1 unspecified atom stereocenters. The summed E-state index contributed by atoms with van der Waals surface area (Å²) >= 11 is 0. The van der Waals surface area contributed by atoms with E-state index in [1.54, 1.807) is 25.8 Å². The average molecular weight is 294 g/mol. The van der Waals surface area contributed by atoms with E-state index in [1.165, 1.54) is 7.11 Å². The van der Waals surface area contributed by atoms with Crippen molar-refractivity contribution in [3.8, 4) is 0 Å². The lowest BCUT2D eigenvalue weighted by molar-refractivity contribution is 0.0599. The van der Waals surface area contributed by atoms with Gasteiger partial charge in [0.25, 0.3) is 5.91 Å². The van der Waals surface area contributed by atoms with Crippen molar-refractivity contribution in [1.82, 2.24) is 9.88 Å². The van der Waals surface area contributed by atoms with E-state index in [-0.39, 0.29) is 17.4 Å². The van der Waals surface area contributed by atoms with Crippen LogP contribution in [0.5, 0.6) is 0 Å². The second-order valence-electron chi connectivity index (χ2n) is 6.57. The number of amides is 1. The van der Waals surface area contributed by atoms with Crippen molar-refractivity contribution in [3.05, 3.63) is 22.5 Å². The number of carbonyl (C=O) groups is 2. The van der Waals surface area contributed by atoms with Crippen molar-refractivity contribution < 1.29 is 14.3 Å². The molecule has 0 aliphatic carbocycles. The molecule has 1 heterocycles. The average Bonchev–Trinajstić information content (AvgIpc) is 2.69. The fourth-order valence-corrected chi connectivity index (χ4v) is 2.31. The maximum atomic E-state index is 12.7. The second-order valence-corrected chi connectivity index (χ2v) is 6.57. The number of ether oxygens (including phenoxy) is 1. The summed E-state index contributed by atoms with van der Waals surface area (Å²) in [6, 6.07) is 0.0644. The van der Waals surface area contributed by atoms with Crippen molar-refractivity contribution in [2.24, 2.45) is 5.41 Å². The highest BCUT2D eigenvalue weighted by atomic mass is 16.5. The minimum atomic E-state index is -0.424. The molecule has 0 radical (unpaired) electrons. The van der Waals surface area contributed by atoms with Gasteiger partial charge in [0, 0.05) is 18.8 Å². The summed E-state index contributed by atoms with van der Waals surface area (Å²) in [4.78, 5) is 29.2. The standard InChI is InChI=1S/C16H26N2O3/c1-9-12(15(20)21-8)10(2)17-13(9)14(19)18(7)11(3)16(4,5)6/h11,17H,1-8H3. The molecule has 1 aromatic heterocycles. The van der Waals surface area contributed by atoms with Gasteiger partial charge in [0.05, 0.1) is 12.7 Å². The van der Waals surface area contributed by atoms with Gasteiger partial charge in [0.15, 0.2) is 0 Å². The number of nitrogens with one attached hydrogen (secondary N) is 1. The molecule has 0 aromatic carbocycles. The number of carbonyl (C=O) groups excluding carboxylic acids is 2. The number of H-pyrrole nitrogens is 1. The molecule has 0 fully saturated rings. The fraction of sp³-hybridized carbons (Fsp3) is 0.625. The molecule has 21 heavy (non-hydrogen) atoms. The smallest absolute Gasteiger partial charge is 0.339 e. The van der Waals surface area contributed by atoms with Crippen LogP contribution in [-0.4, -0.2) is 42.0 Å². The van der Waals surface area contributed by atoms with Gasteiger partial charge in [-0.25, -0.2) is 4.79 Å². The summed E-state index contributed by atoms with van der Waals surface area (Å²) in [5.74, 6) is -0.542. The quantitative estimate of drug-likeness (QED) is 0.872. The summed E-state index contributed by atoms with van der Waals surface area (Å²) in [5.41, 5.74) is 2.16. The summed E-state index contributed by atoms with van der Waals surface area (Å²) < 4.78 is 4.77. The van der Waals surface area contributed by atoms with Crippen molar-refractivity contribution in [3.63, 3.8) is 0 Å². The molecule has 0 aliphatic rings. The summed E-state index contributed by atoms with van der Waals surface area (Å²) in [6.07, 6.45) is 0. The van der Waals surface area contributed by atoms with E-state index in [0.29, 0.717) is 22.5 Å². The molecule has 1 N–H and O–H groups in total. The third-order valence-corrected chi connectivity index (χ3v) is 4.20. The monoisotopic (exact) mass is 294 g/mol. The van der Waals surface area contributed by atoms with E-state index in [4.69, 9.17) is 4.74 Å². The van der Waals surface area contributed by atoms with Crippen molar-refractivity contribution in [2.75, 3.05) is 14.2 Å². The molecule has 1 aromatic rings. The van der Waals surface area contributed by atoms with E-state index < -0.39 is 5.97 Å². The number of esters is 1. The highest BCUT2D eigenvalue weighted by Crippen LogP contribution is 2.26. The van der Waals surface area contributed by atoms with Gasteiger partial charge in [-0.2, -0.15) is 0 Å². The fourth-order valence-electron chi connectivity index (χ4n) is 2.31. The zero-order chi connectivity index (χ0) is 16.5. The summed E-state index contributed by atoms with van der Waals surface area (Å²) in [5, 5.41) is 0. The molecule has 5 heteroatoms. The highest BCUT2D eigenvalue weighted by molar-refractivity contribution is 6.00. The zero-order valence-electron chi connectivity index (χ0n) is 14.2. The van der Waals surface area contributed by atoms with E-state index in [2.05, 4.69) is 25.8 Å². The van der Waals surface area contributed by atoms with E-state index in [9.17, 15) is 9.59 Å². The second kappa shape index (κ2) is 5.92. The van der Waals surface area contributed by atoms with Crippen LogP contribution in [0.2, 0.25) is 0 Å². The van der Waals surface area contributed by atoms with Gasteiger partial charge in [-0.3, -0.25) is 4.79 Å². The normalized spacial score (nSPS) is 13.0. The number of aryl methyl sites for hydroxylation is 1. The number of rotatable bonds is 3. The molecule has 0 saturated carbocycles. The van der Waals surface area contributed by atoms with Crippen LogP contribution in [0.15, 0.2) is 0 Å². The van der Waals surface area contributed by atoms with Gasteiger partial charge >= 0.3 is 5.97 Å². The van der Waals surface area contributed by atoms with Gasteiger partial charge in [-0.05, 0) is 31.7 Å². The molecule has 5 nitrogen and oxygen atoms in total. The third kappa shape index (κ3) is 3.28. The Hall–Kier alpha value is -1.78. The van der Waals surface area contributed by atoms with Crippen molar-refractivity contribution >= 4 is 11.9 Å². The predicted octanol–water partition coefficient (Wildman–Crippen LogP) is 2.92. The van der Waals surface area contributed by atoms with Crippen LogP contribution in [0.25, 0.3) is 0 Å². The first-order chi connectivity index (χ1) is 9.52. The van der Waals surface area contributed by atoms with Crippen LogP contribution >= 0.6 is 0 Å². The zero-order valence-corrected chi connectivity index (χ0v) is 14.2. The van der Waals surface area contributed by atoms with E-state index in [0.717, 1.165) is 0 Å². The van der Waals surface area contributed by atoms with Gasteiger partial charge in [-0.15, -0.1) is 0 Å². The SMILES string of the molecule is COC(=O)c1c(C)[nH]c(C(=O)N(C)C(C)C(C)(C)C)c1C. The van der Waals surface area contributed by atoms with Crippen LogP contribution < -0.4 is 0 Å². The Balaban J connectivity index is 3.18. The van der Waals surface area contributed by atoms with Crippen LogP contribution in [0.1, 0.15) is 59.8 Å². The number of hydrogen-bond acceptors (Lipinski definition) is 3. The van der Waals surface area contributed by atoms with E-state index >= 15 is 0 Å². The van der Waals surface area contributed by atoms with Gasteiger partial charge in [-0.1, -0.05) is 20.8 Å². The largest absolute Gasteiger partial charge is 0.465 e. The number of aromatic amines is 1. The van der Waals surface area contributed by atoms with Crippen LogP contribution in [0.3, 0.4) is 0 Å². The molecule has 0 aliphatic heterocycles. The number of methoxy groups -OCH3 is 1. The molecule has 1 amide bonds. The predicted molar refractivity (Wildman–Crippen MR) is 82.6 cm³/mol. The molecule has 1 rings (SSSR count). The molecular formula is C16H26N2O3. The Labute approximate surface area is 126 Å². The number of nitrogens with zero attached hydrogens (tertiary/aromatic N) is 1. The van der Waals surface area contributed by atoms with Crippen LogP contribution in [0, 0.1) is 19.3 Å². The lowest BCUT2D eigenvalue weighted by atomic mass is 9.87. The Morgan fingerprint density at radius 2 is 1.76 bits per heavy atom. The van der Waals surface area contributed by atoms with Gasteiger partial charge < -0.3 is 14.6 Å². The van der Waals surface area contributed by atoms with Crippen LogP contribution in [-0.2, 0) is 4.74 Å². The highest BCUT2D eigenvalue weighted by Gasteiger charge is 2.30. The minimum absolute atomic E-state index is 0.0227. The molecular weight excluding hydrogens is 268 g/mol. The first-order valence-electron chi connectivity index (χ1n) is 7.07. The first kappa shape index (κ1) is 17.3. The van der Waals surface area contributed by atoms with Gasteiger partial charge in [0.1, 0.15) is 5.69 Å². The summed E-state index contributed by atoms with van der Waals surface area (Å²) in [7, 11) is 3.12. The van der Waals surface area contributed by atoms with Crippen molar-refractivity contribution in [1.29, 1.82) is 0 Å². The maximum Gasteiger partial charge on any atom is 0.339 e. The minimum Gasteiger partial charge on any atom is -0.465 e. The third-order valence-electron chi connectivity index (χ3n) is 4.20. The molecule has 0 bridgehead atoms. The Kier molecular flexibility index (Phi) is 4.87. The van der Waals surface area contributed by atoms with E-state index in [1.807, 2.05) is 6.92 Å². The summed E-state index contributed by atoms with van der Waals surface area (Å²) in [6.45, 7) is 11.8. The Morgan fingerprint density at radius 3 is 2.19 bits per heavy atom. The van der Waals surface area contributed by atoms with Gasteiger partial charge in [0.2, 0.25) is 0 Å². The molecule has 1 atom stereocenters. The molecule has 0 spiro atoms. The lowest BCUT2D eigenvalue weighted by Crippen LogP contribution is -2.43. The maximum absolute atomic E-state index is 12.7. The van der Waals surface area contributed by atoms with Crippen LogP contribution in [0.4, 0.5) is 0 Å². The Bertz CT molecular complexity index is 553. The number of hydrogen-bond donors (Lipinski definition) is 1.